The molecule has 148 valence electrons. The summed E-state index contributed by atoms with van der Waals surface area (Å²) in [7, 11) is -4.53. The first-order chi connectivity index (χ1) is 12.0. The number of allylic oxidation sites excluding steroid dienone is 5. The zero-order valence-corrected chi connectivity index (χ0v) is 16.5. The van der Waals surface area contributed by atoms with Crippen LogP contribution in [0.1, 0.15) is 52.9 Å². The Morgan fingerprint density at radius 1 is 1.08 bits per heavy atom. The molecule has 7 nitrogen and oxygen atoms in total. The SMILES string of the molecule is CC=CCC/C(C)=C/CC/C(C)=C/CC(=O)N[C@@H](CP(=O)(O)O)C(=O)O. The summed E-state index contributed by atoms with van der Waals surface area (Å²) in [6.45, 7) is 5.97. The van der Waals surface area contributed by atoms with Crippen molar-refractivity contribution < 1.29 is 29.0 Å². The zero-order valence-electron chi connectivity index (χ0n) is 15.6. The van der Waals surface area contributed by atoms with Crippen LogP contribution >= 0.6 is 7.60 Å². The van der Waals surface area contributed by atoms with Crippen molar-refractivity contribution in [1.29, 1.82) is 0 Å². The Hall–Kier alpha value is -1.69. The molecule has 0 aliphatic carbocycles. The van der Waals surface area contributed by atoms with E-state index in [1.165, 1.54) is 5.57 Å². The van der Waals surface area contributed by atoms with Crippen LogP contribution in [0, 0.1) is 0 Å². The number of carbonyl (C=O) groups is 2. The number of hydrogen-bond donors (Lipinski definition) is 4. The Morgan fingerprint density at radius 3 is 2.19 bits per heavy atom. The van der Waals surface area contributed by atoms with E-state index < -0.39 is 31.7 Å². The highest BCUT2D eigenvalue weighted by Gasteiger charge is 2.28. The largest absolute Gasteiger partial charge is 0.480 e. The van der Waals surface area contributed by atoms with E-state index in [2.05, 4.69) is 24.4 Å². The van der Waals surface area contributed by atoms with Crippen molar-refractivity contribution in [3.05, 3.63) is 35.5 Å². The smallest absolute Gasteiger partial charge is 0.328 e. The molecule has 0 spiro atoms. The van der Waals surface area contributed by atoms with Gasteiger partial charge >= 0.3 is 13.6 Å². The summed E-state index contributed by atoms with van der Waals surface area (Å²) in [5.41, 5.74) is 2.31. The van der Waals surface area contributed by atoms with Crippen LogP contribution in [-0.2, 0) is 14.2 Å². The molecule has 1 atom stereocenters. The Kier molecular flexibility index (Phi) is 11.8. The van der Waals surface area contributed by atoms with Gasteiger partial charge in [0.25, 0.3) is 0 Å². The summed E-state index contributed by atoms with van der Waals surface area (Å²) in [6, 6.07) is -1.60. The molecule has 0 aromatic heterocycles. The first-order valence-corrected chi connectivity index (χ1v) is 10.3. The van der Waals surface area contributed by atoms with Crippen molar-refractivity contribution in [2.75, 3.05) is 6.16 Å². The first kappa shape index (κ1) is 24.3. The van der Waals surface area contributed by atoms with Crippen LogP contribution in [0.15, 0.2) is 35.5 Å². The molecule has 0 aromatic rings. The fraction of sp³-hybridized carbons (Fsp3) is 0.556. The fourth-order valence-electron chi connectivity index (χ4n) is 2.17. The maximum Gasteiger partial charge on any atom is 0.328 e. The molecule has 26 heavy (non-hydrogen) atoms. The minimum absolute atomic E-state index is 0.0270. The third-order valence-corrected chi connectivity index (χ3v) is 4.50. The van der Waals surface area contributed by atoms with Crippen LogP contribution in [0.3, 0.4) is 0 Å². The molecule has 0 aliphatic heterocycles. The van der Waals surface area contributed by atoms with Crippen LogP contribution in [0.5, 0.6) is 0 Å². The van der Waals surface area contributed by atoms with E-state index in [0.717, 1.165) is 31.3 Å². The summed E-state index contributed by atoms with van der Waals surface area (Å²) in [5, 5.41) is 11.1. The predicted molar refractivity (Wildman–Crippen MR) is 102 cm³/mol. The van der Waals surface area contributed by atoms with Gasteiger partial charge in [-0.25, -0.2) is 4.79 Å². The molecule has 4 N–H and O–H groups in total. The fourth-order valence-corrected chi connectivity index (χ4v) is 2.89. The average Bonchev–Trinajstić information content (AvgIpc) is 2.51. The van der Waals surface area contributed by atoms with E-state index in [-0.39, 0.29) is 6.42 Å². The van der Waals surface area contributed by atoms with Crippen LogP contribution in [0.25, 0.3) is 0 Å². The number of hydrogen-bond acceptors (Lipinski definition) is 3. The van der Waals surface area contributed by atoms with Crippen molar-refractivity contribution in [2.45, 2.75) is 58.9 Å². The monoisotopic (exact) mass is 387 g/mol. The van der Waals surface area contributed by atoms with Gasteiger partial charge in [0.2, 0.25) is 5.91 Å². The normalized spacial score (nSPS) is 14.5. The van der Waals surface area contributed by atoms with E-state index >= 15 is 0 Å². The van der Waals surface area contributed by atoms with Crippen molar-refractivity contribution in [1.82, 2.24) is 5.32 Å². The van der Waals surface area contributed by atoms with Gasteiger partial charge in [-0.3, -0.25) is 9.36 Å². The van der Waals surface area contributed by atoms with Gasteiger partial charge in [0.15, 0.2) is 0 Å². The molecular weight excluding hydrogens is 357 g/mol. The summed E-state index contributed by atoms with van der Waals surface area (Å²) >= 11 is 0. The van der Waals surface area contributed by atoms with Crippen LogP contribution < -0.4 is 5.32 Å². The molecule has 0 radical (unpaired) electrons. The number of carboxylic acid groups (broad SMARTS) is 1. The quantitative estimate of drug-likeness (QED) is 0.301. The van der Waals surface area contributed by atoms with Gasteiger partial charge < -0.3 is 20.2 Å². The van der Waals surface area contributed by atoms with Gasteiger partial charge in [-0.2, -0.15) is 0 Å². The molecule has 0 heterocycles. The lowest BCUT2D eigenvalue weighted by molar-refractivity contribution is -0.141. The van der Waals surface area contributed by atoms with Crippen molar-refractivity contribution in [2.24, 2.45) is 0 Å². The highest BCUT2D eigenvalue weighted by Crippen LogP contribution is 2.34. The summed E-state index contributed by atoms with van der Waals surface area (Å²) in [5.74, 6) is -2.05. The molecule has 0 saturated heterocycles. The average molecular weight is 387 g/mol. The van der Waals surface area contributed by atoms with Gasteiger partial charge in [0.1, 0.15) is 6.04 Å². The number of carbonyl (C=O) groups excluding carboxylic acids is 1. The summed E-state index contributed by atoms with van der Waals surface area (Å²) < 4.78 is 10.9. The van der Waals surface area contributed by atoms with E-state index in [1.54, 1.807) is 6.08 Å². The lowest BCUT2D eigenvalue weighted by atomic mass is 10.1. The van der Waals surface area contributed by atoms with Crippen LogP contribution in [0.4, 0.5) is 0 Å². The standard InChI is InChI=1S/C18H30NO6P/c1-4-5-6-8-14(2)9-7-10-15(3)11-12-17(20)19-16(18(21)22)13-26(23,24)25/h4-5,9,11,16H,6-8,10,12-13H2,1-3H3,(H,19,20)(H,21,22)(H2,23,24,25)/b5-4?,14-9+,15-11+/t16-/m0/s1. The van der Waals surface area contributed by atoms with E-state index in [4.69, 9.17) is 14.9 Å². The van der Waals surface area contributed by atoms with E-state index in [1.807, 2.05) is 19.9 Å². The van der Waals surface area contributed by atoms with Crippen molar-refractivity contribution >= 4 is 19.5 Å². The van der Waals surface area contributed by atoms with Gasteiger partial charge in [-0.05, 0) is 46.5 Å². The third kappa shape index (κ3) is 13.6. The molecule has 0 aromatic carbocycles. The van der Waals surface area contributed by atoms with Crippen molar-refractivity contribution in [3.63, 3.8) is 0 Å². The first-order valence-electron chi connectivity index (χ1n) is 8.54. The molecule has 8 heteroatoms. The number of rotatable bonds is 12. The highest BCUT2D eigenvalue weighted by atomic mass is 31.2. The second-order valence-corrected chi connectivity index (χ2v) is 7.95. The molecule has 0 saturated carbocycles. The van der Waals surface area contributed by atoms with Gasteiger partial charge in [-0.1, -0.05) is 35.5 Å². The number of amides is 1. The van der Waals surface area contributed by atoms with E-state index in [0.29, 0.717) is 0 Å². The van der Waals surface area contributed by atoms with Gasteiger partial charge in [0, 0.05) is 6.42 Å². The van der Waals surface area contributed by atoms with Crippen LogP contribution in [0.2, 0.25) is 0 Å². The minimum atomic E-state index is -4.53. The van der Waals surface area contributed by atoms with E-state index in [9.17, 15) is 14.2 Å². The highest BCUT2D eigenvalue weighted by molar-refractivity contribution is 7.51. The maximum atomic E-state index is 11.8. The Bertz CT molecular complexity index is 603. The number of nitrogens with one attached hydrogen (secondary N) is 1. The molecular formula is C18H30NO6P. The molecule has 0 fully saturated rings. The lowest BCUT2D eigenvalue weighted by Crippen LogP contribution is -2.43. The molecule has 0 unspecified atom stereocenters. The predicted octanol–water partition coefficient (Wildman–Crippen LogP) is 3.15. The molecule has 0 rings (SSSR count). The zero-order chi connectivity index (χ0) is 20.2. The van der Waals surface area contributed by atoms with Gasteiger partial charge in [-0.15, -0.1) is 0 Å². The third-order valence-electron chi connectivity index (χ3n) is 3.66. The second kappa shape index (κ2) is 12.6. The molecule has 0 bridgehead atoms. The molecule has 1 amide bonds. The Labute approximate surface area is 155 Å². The minimum Gasteiger partial charge on any atom is -0.480 e. The molecule has 0 aliphatic rings. The Morgan fingerprint density at radius 2 is 1.65 bits per heavy atom. The Balaban J connectivity index is 4.38. The lowest BCUT2D eigenvalue weighted by Gasteiger charge is -2.14. The summed E-state index contributed by atoms with van der Waals surface area (Å²) in [4.78, 5) is 40.5. The van der Waals surface area contributed by atoms with Crippen LogP contribution in [-0.4, -0.2) is 39.0 Å². The second-order valence-electron chi connectivity index (χ2n) is 6.26. The van der Waals surface area contributed by atoms with Gasteiger partial charge in [0.05, 0.1) is 6.16 Å². The summed E-state index contributed by atoms with van der Waals surface area (Å²) in [6.07, 6.45) is 10.8. The maximum absolute atomic E-state index is 11.8. The van der Waals surface area contributed by atoms with Crippen molar-refractivity contribution in [3.8, 4) is 0 Å². The topological polar surface area (TPSA) is 124 Å². The number of carboxylic acids is 1. The number of aliphatic carboxylic acids is 1.